The molecule has 23 heavy (non-hydrogen) atoms. The third kappa shape index (κ3) is 5.73. The van der Waals surface area contributed by atoms with Crippen LogP contribution in [0.4, 0.5) is 5.69 Å². The lowest BCUT2D eigenvalue weighted by Crippen LogP contribution is -2.46. The summed E-state index contributed by atoms with van der Waals surface area (Å²) in [6.45, 7) is 8.93. The highest BCUT2D eigenvalue weighted by Gasteiger charge is 2.25. The Kier molecular flexibility index (Phi) is 6.30. The maximum absolute atomic E-state index is 12.1. The number of esters is 1. The Bertz CT molecular complexity index is 591. The normalized spacial score (nSPS) is 12.2. The number of nitrogens with one attached hydrogen (secondary N) is 2. The molecule has 0 heterocycles. The van der Waals surface area contributed by atoms with Gasteiger partial charge in [0.1, 0.15) is 6.04 Å². The lowest BCUT2D eigenvalue weighted by molar-refractivity contribution is -0.131. The number of hydrogen-bond donors (Lipinski definition) is 2. The van der Waals surface area contributed by atoms with Gasteiger partial charge in [-0.15, -0.1) is 0 Å². The smallest absolute Gasteiger partial charge is 0.338 e. The van der Waals surface area contributed by atoms with Crippen molar-refractivity contribution >= 4 is 23.5 Å². The molecule has 0 aliphatic rings. The Hall–Kier alpha value is -2.37. The highest BCUT2D eigenvalue weighted by atomic mass is 16.5. The van der Waals surface area contributed by atoms with E-state index in [-0.39, 0.29) is 18.4 Å². The van der Waals surface area contributed by atoms with Crippen LogP contribution in [0, 0.1) is 5.41 Å². The summed E-state index contributed by atoms with van der Waals surface area (Å²) in [6, 6.07) is 5.78. The number of ether oxygens (including phenoxy) is 1. The van der Waals surface area contributed by atoms with Crippen LogP contribution in [0.1, 0.15) is 45.0 Å². The standard InChI is InChI=1S/C17H24N2O4/c1-6-23-15(21)12-8-7-9-13(10-12)19-14(20)11(2)18-16(22)17(3,4)5/h7-11H,6H2,1-5H3,(H,18,22)(H,19,20). The van der Waals surface area contributed by atoms with Gasteiger partial charge in [0.2, 0.25) is 11.8 Å². The minimum Gasteiger partial charge on any atom is -0.462 e. The van der Waals surface area contributed by atoms with Crippen LogP contribution in [0.2, 0.25) is 0 Å². The third-order valence-corrected chi connectivity index (χ3v) is 3.06. The summed E-state index contributed by atoms with van der Waals surface area (Å²) < 4.78 is 4.92. The van der Waals surface area contributed by atoms with Crippen LogP contribution in [0.5, 0.6) is 0 Å². The second-order valence-corrected chi connectivity index (χ2v) is 6.24. The van der Waals surface area contributed by atoms with Crippen LogP contribution >= 0.6 is 0 Å². The molecule has 126 valence electrons. The molecule has 0 aliphatic carbocycles. The Morgan fingerprint density at radius 1 is 1.22 bits per heavy atom. The molecule has 0 saturated heterocycles. The molecule has 0 radical (unpaired) electrons. The van der Waals surface area contributed by atoms with Crippen LogP contribution < -0.4 is 10.6 Å². The van der Waals surface area contributed by atoms with Gasteiger partial charge in [-0.05, 0) is 32.0 Å². The summed E-state index contributed by atoms with van der Waals surface area (Å²) in [7, 11) is 0. The molecule has 6 heteroatoms. The lowest BCUT2D eigenvalue weighted by Gasteiger charge is -2.21. The van der Waals surface area contributed by atoms with E-state index in [1.54, 1.807) is 52.8 Å². The fourth-order valence-corrected chi connectivity index (χ4v) is 1.67. The van der Waals surface area contributed by atoms with Gasteiger partial charge in [0, 0.05) is 11.1 Å². The van der Waals surface area contributed by atoms with Gasteiger partial charge >= 0.3 is 5.97 Å². The first-order valence-corrected chi connectivity index (χ1v) is 7.54. The number of carbonyl (C=O) groups is 3. The van der Waals surface area contributed by atoms with E-state index >= 15 is 0 Å². The molecule has 0 spiro atoms. The summed E-state index contributed by atoms with van der Waals surface area (Å²) in [5, 5.41) is 5.33. The van der Waals surface area contributed by atoms with E-state index in [1.807, 2.05) is 0 Å². The maximum atomic E-state index is 12.1. The number of anilines is 1. The fourth-order valence-electron chi connectivity index (χ4n) is 1.67. The molecule has 0 aromatic heterocycles. The van der Waals surface area contributed by atoms with Crippen LogP contribution in [0.3, 0.4) is 0 Å². The van der Waals surface area contributed by atoms with E-state index in [0.717, 1.165) is 0 Å². The van der Waals surface area contributed by atoms with E-state index < -0.39 is 17.4 Å². The lowest BCUT2D eigenvalue weighted by atomic mass is 9.95. The Balaban J connectivity index is 2.72. The van der Waals surface area contributed by atoms with Gasteiger partial charge in [-0.25, -0.2) is 4.79 Å². The van der Waals surface area contributed by atoms with Crippen molar-refractivity contribution in [2.24, 2.45) is 5.41 Å². The quantitative estimate of drug-likeness (QED) is 0.816. The number of rotatable bonds is 5. The van der Waals surface area contributed by atoms with Gasteiger partial charge in [0.05, 0.1) is 12.2 Å². The van der Waals surface area contributed by atoms with Crippen molar-refractivity contribution in [2.75, 3.05) is 11.9 Å². The molecular formula is C17H24N2O4. The molecule has 1 unspecified atom stereocenters. The van der Waals surface area contributed by atoms with Crippen LogP contribution in [-0.4, -0.2) is 30.4 Å². The van der Waals surface area contributed by atoms with E-state index in [2.05, 4.69) is 10.6 Å². The molecule has 0 aliphatic heterocycles. The number of hydrogen-bond acceptors (Lipinski definition) is 4. The molecule has 6 nitrogen and oxygen atoms in total. The average molecular weight is 320 g/mol. The van der Waals surface area contributed by atoms with Crippen LogP contribution in [0.15, 0.2) is 24.3 Å². The summed E-state index contributed by atoms with van der Waals surface area (Å²) in [5.41, 5.74) is 0.256. The van der Waals surface area contributed by atoms with Gasteiger partial charge in [-0.3, -0.25) is 9.59 Å². The van der Waals surface area contributed by atoms with Crippen molar-refractivity contribution in [1.29, 1.82) is 0 Å². The summed E-state index contributed by atoms with van der Waals surface area (Å²) >= 11 is 0. The molecule has 2 amide bonds. The predicted molar refractivity (Wildman–Crippen MR) is 88.1 cm³/mol. The van der Waals surface area contributed by atoms with Gasteiger partial charge in [0.25, 0.3) is 0 Å². The summed E-state index contributed by atoms with van der Waals surface area (Å²) in [6.07, 6.45) is 0. The van der Waals surface area contributed by atoms with Crippen molar-refractivity contribution < 1.29 is 19.1 Å². The maximum Gasteiger partial charge on any atom is 0.338 e. The predicted octanol–water partition coefficient (Wildman–Crippen LogP) is 2.35. The second kappa shape index (κ2) is 7.76. The Morgan fingerprint density at radius 3 is 2.43 bits per heavy atom. The largest absolute Gasteiger partial charge is 0.462 e. The molecule has 0 saturated carbocycles. The molecular weight excluding hydrogens is 296 g/mol. The first-order chi connectivity index (χ1) is 10.6. The minimum atomic E-state index is -0.687. The zero-order valence-corrected chi connectivity index (χ0v) is 14.2. The van der Waals surface area contributed by atoms with Crippen LogP contribution in [0.25, 0.3) is 0 Å². The van der Waals surface area contributed by atoms with E-state index in [1.165, 1.54) is 6.07 Å². The van der Waals surface area contributed by atoms with E-state index in [9.17, 15) is 14.4 Å². The molecule has 1 rings (SSSR count). The topological polar surface area (TPSA) is 84.5 Å². The van der Waals surface area contributed by atoms with Gasteiger partial charge in [-0.2, -0.15) is 0 Å². The first-order valence-electron chi connectivity index (χ1n) is 7.54. The number of carbonyl (C=O) groups excluding carboxylic acids is 3. The molecule has 1 aromatic rings. The molecule has 1 atom stereocenters. The Morgan fingerprint density at radius 2 is 1.87 bits per heavy atom. The molecule has 0 bridgehead atoms. The van der Waals surface area contributed by atoms with Gasteiger partial charge in [0.15, 0.2) is 0 Å². The zero-order valence-electron chi connectivity index (χ0n) is 14.2. The zero-order chi connectivity index (χ0) is 17.6. The number of amides is 2. The summed E-state index contributed by atoms with van der Waals surface area (Å²) in [5.74, 6) is -1.01. The average Bonchev–Trinajstić information content (AvgIpc) is 2.46. The molecule has 0 fully saturated rings. The van der Waals surface area contributed by atoms with Crippen molar-refractivity contribution in [3.05, 3.63) is 29.8 Å². The highest BCUT2D eigenvalue weighted by molar-refractivity contribution is 5.98. The third-order valence-electron chi connectivity index (χ3n) is 3.06. The summed E-state index contributed by atoms with van der Waals surface area (Å²) in [4.78, 5) is 35.7. The van der Waals surface area contributed by atoms with Crippen molar-refractivity contribution in [3.8, 4) is 0 Å². The second-order valence-electron chi connectivity index (χ2n) is 6.24. The van der Waals surface area contributed by atoms with Crippen molar-refractivity contribution in [3.63, 3.8) is 0 Å². The molecule has 2 N–H and O–H groups in total. The van der Waals surface area contributed by atoms with Crippen LogP contribution in [-0.2, 0) is 14.3 Å². The first kappa shape index (κ1) is 18.7. The van der Waals surface area contributed by atoms with E-state index in [0.29, 0.717) is 11.3 Å². The van der Waals surface area contributed by atoms with Crippen molar-refractivity contribution in [1.82, 2.24) is 5.32 Å². The van der Waals surface area contributed by atoms with Crippen molar-refractivity contribution in [2.45, 2.75) is 40.7 Å². The van der Waals surface area contributed by atoms with Gasteiger partial charge < -0.3 is 15.4 Å². The minimum absolute atomic E-state index is 0.208. The monoisotopic (exact) mass is 320 g/mol. The highest BCUT2D eigenvalue weighted by Crippen LogP contribution is 2.14. The molecule has 1 aromatic carbocycles. The Labute approximate surface area is 136 Å². The number of benzene rings is 1. The van der Waals surface area contributed by atoms with E-state index in [4.69, 9.17) is 4.74 Å². The van der Waals surface area contributed by atoms with Gasteiger partial charge in [-0.1, -0.05) is 26.8 Å². The SMILES string of the molecule is CCOC(=O)c1cccc(NC(=O)C(C)NC(=O)C(C)(C)C)c1. The fraction of sp³-hybridized carbons (Fsp3) is 0.471.